The van der Waals surface area contributed by atoms with Crippen LogP contribution in [0.1, 0.15) is 32.6 Å². The first-order valence-electron chi connectivity index (χ1n) is 7.41. The minimum absolute atomic E-state index is 0.0126. The first kappa shape index (κ1) is 15.6. The van der Waals surface area contributed by atoms with Crippen molar-refractivity contribution in [1.29, 1.82) is 0 Å². The van der Waals surface area contributed by atoms with Crippen molar-refractivity contribution in [2.75, 3.05) is 26.7 Å². The first-order chi connectivity index (χ1) is 9.90. The molecule has 2 aliphatic heterocycles. The summed E-state index contributed by atoms with van der Waals surface area (Å²) in [5.74, 6) is -0.990. The zero-order chi connectivity index (χ0) is 15.6. The lowest BCUT2D eigenvalue weighted by Gasteiger charge is -2.38. The molecular formula is C14H23N3O4. The van der Waals surface area contributed by atoms with E-state index in [1.807, 2.05) is 0 Å². The van der Waals surface area contributed by atoms with Crippen LogP contribution in [0, 0.1) is 5.92 Å². The van der Waals surface area contributed by atoms with Gasteiger partial charge in [0.25, 0.3) is 0 Å². The zero-order valence-electron chi connectivity index (χ0n) is 12.6. The summed E-state index contributed by atoms with van der Waals surface area (Å²) in [5.41, 5.74) is -1.10. The summed E-state index contributed by atoms with van der Waals surface area (Å²) in [7, 11) is 1.61. The number of piperidine rings is 1. The molecule has 2 saturated heterocycles. The summed E-state index contributed by atoms with van der Waals surface area (Å²) in [4.78, 5) is 38.7. The van der Waals surface area contributed by atoms with Crippen LogP contribution in [0.2, 0.25) is 0 Å². The molecule has 0 aromatic carbocycles. The second kappa shape index (κ2) is 5.91. The molecule has 3 amide bonds. The first-order valence-corrected chi connectivity index (χ1v) is 7.41. The molecule has 0 aliphatic carbocycles. The van der Waals surface area contributed by atoms with Crippen molar-refractivity contribution in [1.82, 2.24) is 15.1 Å². The van der Waals surface area contributed by atoms with Crippen LogP contribution in [-0.4, -0.2) is 65.0 Å². The number of nitrogens with zero attached hydrogens (tertiary/aromatic N) is 2. The lowest BCUT2D eigenvalue weighted by Crippen LogP contribution is -2.56. The lowest BCUT2D eigenvalue weighted by molar-refractivity contribution is -0.147. The van der Waals surface area contributed by atoms with Crippen LogP contribution in [0.4, 0.5) is 4.79 Å². The van der Waals surface area contributed by atoms with E-state index in [1.165, 1.54) is 4.90 Å². The number of carboxylic acid groups (broad SMARTS) is 1. The van der Waals surface area contributed by atoms with Gasteiger partial charge in [0.2, 0.25) is 5.91 Å². The van der Waals surface area contributed by atoms with Crippen LogP contribution in [-0.2, 0) is 9.59 Å². The van der Waals surface area contributed by atoms with Gasteiger partial charge in [-0.05, 0) is 32.6 Å². The third-order valence-electron chi connectivity index (χ3n) is 4.72. The SMILES string of the molecule is CNC(=O)C1CCN(C(=O)N2CCCC2(C)C(=O)O)CC1. The zero-order valence-corrected chi connectivity index (χ0v) is 12.6. The minimum atomic E-state index is -1.10. The topological polar surface area (TPSA) is 90.0 Å². The molecule has 0 spiro atoms. The summed E-state index contributed by atoms with van der Waals surface area (Å²) in [6.45, 7) is 3.10. The van der Waals surface area contributed by atoms with Gasteiger partial charge < -0.3 is 20.2 Å². The van der Waals surface area contributed by atoms with Crippen LogP contribution >= 0.6 is 0 Å². The maximum absolute atomic E-state index is 12.6. The number of rotatable bonds is 2. The highest BCUT2D eigenvalue weighted by Gasteiger charge is 2.47. The molecule has 0 bridgehead atoms. The molecule has 2 aliphatic rings. The molecule has 0 aromatic rings. The van der Waals surface area contributed by atoms with Crippen LogP contribution in [0.3, 0.4) is 0 Å². The number of carbonyl (C=O) groups excluding carboxylic acids is 2. The molecule has 118 valence electrons. The Morgan fingerprint density at radius 2 is 1.81 bits per heavy atom. The van der Waals surface area contributed by atoms with Crippen LogP contribution in [0.25, 0.3) is 0 Å². The molecule has 7 heteroatoms. The lowest BCUT2D eigenvalue weighted by atomic mass is 9.96. The number of nitrogens with one attached hydrogen (secondary N) is 1. The van der Waals surface area contributed by atoms with Gasteiger partial charge in [0.15, 0.2) is 0 Å². The summed E-state index contributed by atoms with van der Waals surface area (Å²) < 4.78 is 0. The van der Waals surface area contributed by atoms with Crippen molar-refractivity contribution in [3.8, 4) is 0 Å². The molecule has 0 radical (unpaired) electrons. The third kappa shape index (κ3) is 2.82. The van der Waals surface area contributed by atoms with Crippen LogP contribution in [0.15, 0.2) is 0 Å². The van der Waals surface area contributed by atoms with Crippen molar-refractivity contribution >= 4 is 17.9 Å². The number of hydrogen-bond acceptors (Lipinski definition) is 3. The monoisotopic (exact) mass is 297 g/mol. The van der Waals surface area contributed by atoms with Gasteiger partial charge in [-0.3, -0.25) is 4.79 Å². The van der Waals surface area contributed by atoms with E-state index in [0.29, 0.717) is 45.3 Å². The smallest absolute Gasteiger partial charge is 0.329 e. The summed E-state index contributed by atoms with van der Waals surface area (Å²) >= 11 is 0. The van der Waals surface area contributed by atoms with E-state index >= 15 is 0 Å². The maximum Gasteiger partial charge on any atom is 0.329 e. The van der Waals surface area contributed by atoms with Gasteiger partial charge in [-0.15, -0.1) is 0 Å². The van der Waals surface area contributed by atoms with Gasteiger partial charge in [-0.25, -0.2) is 9.59 Å². The summed E-state index contributed by atoms with van der Waals surface area (Å²) in [6.07, 6.45) is 2.46. The highest BCUT2D eigenvalue weighted by atomic mass is 16.4. The van der Waals surface area contributed by atoms with Gasteiger partial charge in [-0.2, -0.15) is 0 Å². The Bertz CT molecular complexity index is 446. The van der Waals surface area contributed by atoms with Gasteiger partial charge >= 0.3 is 12.0 Å². The minimum Gasteiger partial charge on any atom is -0.480 e. The summed E-state index contributed by atoms with van der Waals surface area (Å²) in [5, 5.41) is 12.0. The van der Waals surface area contributed by atoms with E-state index in [1.54, 1.807) is 18.9 Å². The van der Waals surface area contributed by atoms with E-state index in [0.717, 1.165) is 0 Å². The molecule has 0 aromatic heterocycles. The van der Waals surface area contributed by atoms with Gasteiger partial charge in [0.1, 0.15) is 5.54 Å². The standard InChI is InChI=1S/C14H23N3O4/c1-14(12(19)20)6-3-7-17(14)13(21)16-8-4-10(5-9-16)11(18)15-2/h10H,3-9H2,1-2H3,(H,15,18)(H,19,20). The second-order valence-corrected chi connectivity index (χ2v) is 5.99. The van der Waals surface area contributed by atoms with Gasteiger partial charge in [-0.1, -0.05) is 0 Å². The molecule has 2 fully saturated rings. The predicted octanol–water partition coefficient (Wildman–Crippen LogP) is 0.504. The Morgan fingerprint density at radius 3 is 2.33 bits per heavy atom. The van der Waals surface area contributed by atoms with E-state index in [4.69, 9.17) is 0 Å². The highest BCUT2D eigenvalue weighted by Crippen LogP contribution is 2.31. The molecule has 1 atom stereocenters. The Kier molecular flexibility index (Phi) is 4.39. The maximum atomic E-state index is 12.6. The fraction of sp³-hybridized carbons (Fsp3) is 0.786. The Hall–Kier alpha value is -1.79. The van der Waals surface area contributed by atoms with E-state index in [2.05, 4.69) is 5.32 Å². The fourth-order valence-corrected chi connectivity index (χ4v) is 3.20. The van der Waals surface area contributed by atoms with Gasteiger partial charge in [0, 0.05) is 32.6 Å². The Labute approximate surface area is 124 Å². The summed E-state index contributed by atoms with van der Waals surface area (Å²) in [6, 6.07) is -0.215. The van der Waals surface area contributed by atoms with Gasteiger partial charge in [0.05, 0.1) is 0 Å². The molecule has 2 rings (SSSR count). The number of hydrogen-bond donors (Lipinski definition) is 2. The molecule has 7 nitrogen and oxygen atoms in total. The predicted molar refractivity (Wildman–Crippen MR) is 75.7 cm³/mol. The molecule has 0 saturated carbocycles. The van der Waals surface area contributed by atoms with Crippen molar-refractivity contribution in [2.45, 2.75) is 38.1 Å². The Morgan fingerprint density at radius 1 is 1.19 bits per heavy atom. The number of aliphatic carboxylic acids is 1. The average Bonchev–Trinajstić information content (AvgIpc) is 2.89. The molecular weight excluding hydrogens is 274 g/mol. The van der Waals surface area contributed by atoms with Crippen LogP contribution in [0.5, 0.6) is 0 Å². The van der Waals surface area contributed by atoms with E-state index in [9.17, 15) is 19.5 Å². The van der Waals surface area contributed by atoms with E-state index in [-0.39, 0.29) is 17.9 Å². The van der Waals surface area contributed by atoms with Crippen LogP contribution < -0.4 is 5.32 Å². The normalized spacial score (nSPS) is 26.8. The molecule has 2 N–H and O–H groups in total. The number of likely N-dealkylation sites (tertiary alicyclic amines) is 2. The third-order valence-corrected chi connectivity index (χ3v) is 4.72. The second-order valence-electron chi connectivity index (χ2n) is 5.99. The molecule has 1 unspecified atom stereocenters. The van der Waals surface area contributed by atoms with Crippen molar-refractivity contribution in [3.05, 3.63) is 0 Å². The average molecular weight is 297 g/mol. The quantitative estimate of drug-likeness (QED) is 0.777. The molecule has 2 heterocycles. The number of urea groups is 1. The number of carbonyl (C=O) groups is 3. The number of amides is 3. The van der Waals surface area contributed by atoms with Crippen molar-refractivity contribution in [2.24, 2.45) is 5.92 Å². The van der Waals surface area contributed by atoms with E-state index < -0.39 is 11.5 Å². The van der Waals surface area contributed by atoms with Crippen molar-refractivity contribution < 1.29 is 19.5 Å². The van der Waals surface area contributed by atoms with Crippen molar-refractivity contribution in [3.63, 3.8) is 0 Å². The fourth-order valence-electron chi connectivity index (χ4n) is 3.20. The molecule has 21 heavy (non-hydrogen) atoms. The Balaban J connectivity index is 1.99. The largest absolute Gasteiger partial charge is 0.480 e. The number of carboxylic acids is 1. The highest BCUT2D eigenvalue weighted by molar-refractivity contribution is 5.87.